The molecular weight excluding hydrogens is 478 g/mol. The van der Waals surface area contributed by atoms with Gasteiger partial charge in [0.25, 0.3) is 0 Å². The molecule has 0 aliphatic carbocycles. The Morgan fingerprint density at radius 2 is 1.37 bits per heavy atom. The van der Waals surface area contributed by atoms with Gasteiger partial charge in [-0.2, -0.15) is 26.3 Å². The van der Waals surface area contributed by atoms with Crippen molar-refractivity contribution in [2.75, 3.05) is 31.1 Å². The average molecular weight is 497 g/mol. The minimum Gasteiger partial charge on any atom is -0.351 e. The molecule has 30 heavy (non-hydrogen) atoms. The number of hydrogen-bond donors (Lipinski definition) is 0. The highest BCUT2D eigenvalue weighted by Gasteiger charge is 2.37. The Hall–Kier alpha value is -1.88. The highest BCUT2D eigenvalue weighted by Crippen LogP contribution is 2.38. The number of halogens is 7. The predicted molar refractivity (Wildman–Crippen MR) is 105 cm³/mol. The second kappa shape index (κ2) is 8.33. The Morgan fingerprint density at radius 3 is 1.87 bits per heavy atom. The van der Waals surface area contributed by atoms with Gasteiger partial charge in [0.15, 0.2) is 5.82 Å². The van der Waals surface area contributed by atoms with Crippen molar-refractivity contribution in [3.05, 3.63) is 41.5 Å². The van der Waals surface area contributed by atoms with Gasteiger partial charge in [-0.25, -0.2) is 0 Å². The van der Waals surface area contributed by atoms with E-state index in [0.29, 0.717) is 24.0 Å². The van der Waals surface area contributed by atoms with Crippen molar-refractivity contribution < 1.29 is 26.3 Å². The lowest BCUT2D eigenvalue weighted by atomic mass is 10.0. The maximum atomic E-state index is 13.1. The van der Waals surface area contributed by atoms with Crippen molar-refractivity contribution in [3.8, 4) is 11.3 Å². The smallest absolute Gasteiger partial charge is 0.351 e. The fourth-order valence-electron chi connectivity index (χ4n) is 3.92. The molecule has 3 aliphatic heterocycles. The van der Waals surface area contributed by atoms with Gasteiger partial charge in [-0.05, 0) is 43.2 Å². The van der Waals surface area contributed by atoms with E-state index in [1.807, 2.05) is 0 Å². The molecule has 0 N–H and O–H groups in total. The molecule has 0 saturated carbocycles. The lowest BCUT2D eigenvalue weighted by Crippen LogP contribution is -2.38. The summed E-state index contributed by atoms with van der Waals surface area (Å²) in [5.74, 6) is 0.588. The third kappa shape index (κ3) is 4.72. The minimum absolute atomic E-state index is 0. The number of benzene rings is 1. The van der Waals surface area contributed by atoms with Crippen LogP contribution in [0.4, 0.5) is 32.2 Å². The lowest BCUT2D eigenvalue weighted by molar-refractivity contribution is -0.143. The number of alkyl halides is 6. The van der Waals surface area contributed by atoms with E-state index < -0.39 is 23.5 Å². The van der Waals surface area contributed by atoms with Crippen molar-refractivity contribution >= 4 is 22.8 Å². The third-order valence-electron chi connectivity index (χ3n) is 5.48. The van der Waals surface area contributed by atoms with Gasteiger partial charge in [0, 0.05) is 37.8 Å². The van der Waals surface area contributed by atoms with E-state index in [9.17, 15) is 26.3 Å². The summed E-state index contributed by atoms with van der Waals surface area (Å²) in [5, 5.41) is 8.06. The molecular formula is C19H19BrF6N4. The topological polar surface area (TPSA) is 32.3 Å². The lowest BCUT2D eigenvalue weighted by Gasteiger charge is -2.31. The Bertz CT molecular complexity index is 844. The molecule has 0 unspecified atom stereocenters. The first kappa shape index (κ1) is 22.8. The fourth-order valence-corrected chi connectivity index (χ4v) is 3.92. The Balaban J connectivity index is 0.00000256. The van der Waals surface area contributed by atoms with Gasteiger partial charge >= 0.3 is 12.4 Å². The third-order valence-corrected chi connectivity index (χ3v) is 5.48. The normalized spacial score (nSPS) is 21.9. The number of hydrogen-bond acceptors (Lipinski definition) is 4. The van der Waals surface area contributed by atoms with E-state index in [-0.39, 0.29) is 34.3 Å². The molecule has 3 saturated heterocycles. The van der Waals surface area contributed by atoms with Gasteiger partial charge in [0.2, 0.25) is 0 Å². The average Bonchev–Trinajstić information content (AvgIpc) is 3.00. The highest BCUT2D eigenvalue weighted by molar-refractivity contribution is 8.93. The zero-order valence-electron chi connectivity index (χ0n) is 15.7. The van der Waals surface area contributed by atoms with Crippen molar-refractivity contribution in [2.24, 2.45) is 0 Å². The Labute approximate surface area is 179 Å². The minimum atomic E-state index is -4.90. The largest absolute Gasteiger partial charge is 0.416 e. The number of piperidine rings is 1. The quantitative estimate of drug-likeness (QED) is 0.545. The van der Waals surface area contributed by atoms with E-state index in [1.165, 1.54) is 6.07 Å². The standard InChI is InChI=1S/C19H18F6N4.BrH/c20-18(21,22)13-9-12(10-14(11-13)19(23,24)25)16-1-2-17(27-26-16)29-8-7-28-5-3-15(29)4-6-28;/h1-2,9-11,15H,3-8H2;1H. The van der Waals surface area contributed by atoms with Gasteiger partial charge < -0.3 is 9.80 Å². The first-order valence-electron chi connectivity index (χ1n) is 9.24. The zero-order valence-corrected chi connectivity index (χ0v) is 17.4. The van der Waals surface area contributed by atoms with Gasteiger partial charge in [-0.15, -0.1) is 27.2 Å². The number of aromatic nitrogens is 2. The molecule has 1 aromatic carbocycles. The zero-order chi connectivity index (χ0) is 20.8. The Morgan fingerprint density at radius 1 is 0.767 bits per heavy atom. The molecule has 3 fully saturated rings. The number of anilines is 1. The summed E-state index contributed by atoms with van der Waals surface area (Å²) in [6.45, 7) is 3.68. The molecule has 4 nitrogen and oxygen atoms in total. The van der Waals surface area contributed by atoms with E-state index >= 15 is 0 Å². The van der Waals surface area contributed by atoms with Crippen LogP contribution in [0.15, 0.2) is 30.3 Å². The van der Waals surface area contributed by atoms with Crippen LogP contribution in [0.25, 0.3) is 11.3 Å². The van der Waals surface area contributed by atoms with E-state index in [0.717, 1.165) is 39.0 Å². The summed E-state index contributed by atoms with van der Waals surface area (Å²) in [7, 11) is 0. The molecule has 0 radical (unpaired) electrons. The Kier molecular flexibility index (Phi) is 6.33. The summed E-state index contributed by atoms with van der Waals surface area (Å²) in [4.78, 5) is 4.48. The summed E-state index contributed by atoms with van der Waals surface area (Å²) in [6.07, 6.45) is -7.81. The van der Waals surface area contributed by atoms with E-state index in [2.05, 4.69) is 20.0 Å². The molecule has 5 rings (SSSR count). The maximum absolute atomic E-state index is 13.1. The molecule has 0 atom stereocenters. The van der Waals surface area contributed by atoms with Gasteiger partial charge in [-0.1, -0.05) is 0 Å². The van der Waals surface area contributed by atoms with Crippen molar-refractivity contribution in [3.63, 3.8) is 0 Å². The fraction of sp³-hybridized carbons (Fsp3) is 0.474. The molecule has 2 bridgehead atoms. The second-order valence-corrected chi connectivity index (χ2v) is 7.34. The first-order valence-corrected chi connectivity index (χ1v) is 9.24. The molecule has 11 heteroatoms. The molecule has 0 spiro atoms. The number of rotatable bonds is 2. The monoisotopic (exact) mass is 496 g/mol. The number of fused-ring (bicyclic) bond motifs is 4. The van der Waals surface area contributed by atoms with Crippen molar-refractivity contribution in [1.82, 2.24) is 15.1 Å². The number of nitrogens with zero attached hydrogens (tertiary/aromatic N) is 4. The van der Waals surface area contributed by atoms with E-state index in [1.54, 1.807) is 6.07 Å². The predicted octanol–water partition coefficient (Wildman–Crippen LogP) is 5.04. The molecule has 164 valence electrons. The molecule has 0 amide bonds. The maximum Gasteiger partial charge on any atom is 0.416 e. The van der Waals surface area contributed by atoms with Crippen LogP contribution in [-0.4, -0.2) is 47.3 Å². The van der Waals surface area contributed by atoms with Crippen LogP contribution in [0.5, 0.6) is 0 Å². The van der Waals surface area contributed by atoms with Crippen LogP contribution in [0, 0.1) is 0 Å². The van der Waals surface area contributed by atoms with Crippen molar-refractivity contribution in [1.29, 1.82) is 0 Å². The summed E-state index contributed by atoms with van der Waals surface area (Å²) in [6, 6.07) is 4.80. The SMILES string of the molecule is Br.FC(F)(F)c1cc(-c2ccc(N3CCN4CCC3CC4)nn2)cc(C(F)(F)F)c1. The van der Waals surface area contributed by atoms with Crippen LogP contribution < -0.4 is 4.90 Å². The highest BCUT2D eigenvalue weighted by atomic mass is 79.9. The van der Waals surface area contributed by atoms with Crippen LogP contribution >= 0.6 is 17.0 Å². The van der Waals surface area contributed by atoms with E-state index in [4.69, 9.17) is 0 Å². The molecule has 2 aromatic rings. The summed E-state index contributed by atoms with van der Waals surface area (Å²) in [5.41, 5.74) is -3.04. The molecule has 3 aliphatic rings. The molecule has 4 heterocycles. The van der Waals surface area contributed by atoms with Crippen LogP contribution in [0.3, 0.4) is 0 Å². The summed E-state index contributed by atoms with van der Waals surface area (Å²) < 4.78 is 78.4. The van der Waals surface area contributed by atoms with Gasteiger partial charge in [0.05, 0.1) is 16.8 Å². The second-order valence-electron chi connectivity index (χ2n) is 7.34. The van der Waals surface area contributed by atoms with Crippen LogP contribution in [0.2, 0.25) is 0 Å². The first-order chi connectivity index (χ1) is 13.6. The molecule has 1 aromatic heterocycles. The van der Waals surface area contributed by atoms with Gasteiger partial charge in [0.1, 0.15) is 0 Å². The van der Waals surface area contributed by atoms with Crippen LogP contribution in [-0.2, 0) is 12.4 Å². The van der Waals surface area contributed by atoms with Gasteiger partial charge in [-0.3, -0.25) is 0 Å². The van der Waals surface area contributed by atoms with Crippen LogP contribution in [0.1, 0.15) is 24.0 Å². The van der Waals surface area contributed by atoms with Crippen molar-refractivity contribution in [2.45, 2.75) is 31.2 Å². The summed E-state index contributed by atoms with van der Waals surface area (Å²) >= 11 is 0.